The van der Waals surface area contributed by atoms with Gasteiger partial charge >= 0.3 is 0 Å². The Morgan fingerprint density at radius 2 is 1.87 bits per heavy atom. The molecule has 5 nitrogen and oxygen atoms in total. The molecule has 0 aliphatic heterocycles. The van der Waals surface area contributed by atoms with Gasteiger partial charge in [-0.1, -0.05) is 30.3 Å². The van der Waals surface area contributed by atoms with E-state index in [4.69, 9.17) is 10.1 Å². The average Bonchev–Trinajstić information content (AvgIpc) is 3.22. The number of nitrogens with zero attached hydrogens (tertiary/aromatic N) is 5. The molecule has 5 rings (SSSR count). The summed E-state index contributed by atoms with van der Waals surface area (Å²) in [5.41, 5.74) is 7.34. The minimum absolute atomic E-state index is 0.573. The van der Waals surface area contributed by atoms with Crippen LogP contribution >= 0.6 is 0 Å². The molecule has 0 unspecified atom stereocenters. The standard InChI is InChI=1S/C26H19N5/c1-18-5-2-9-25(29-18)23-17-31(16-20-7-3-6-19(13-20)15-27)30-26(23)22-10-11-24-21(14-22)8-4-12-28-24/h2-14,17H,16H2,1H3. The molecule has 0 saturated heterocycles. The molecule has 0 N–H and O–H groups in total. The van der Waals surface area contributed by atoms with E-state index in [0.717, 1.165) is 44.7 Å². The van der Waals surface area contributed by atoms with Crippen LogP contribution in [0.4, 0.5) is 0 Å². The average molecular weight is 401 g/mol. The summed E-state index contributed by atoms with van der Waals surface area (Å²) in [6, 6.07) is 26.0. The first-order valence-corrected chi connectivity index (χ1v) is 10.1. The fourth-order valence-electron chi connectivity index (χ4n) is 3.75. The van der Waals surface area contributed by atoms with E-state index in [0.29, 0.717) is 12.1 Å². The Balaban J connectivity index is 1.63. The lowest BCUT2D eigenvalue weighted by Gasteiger charge is -2.05. The summed E-state index contributed by atoms with van der Waals surface area (Å²) < 4.78 is 1.92. The van der Waals surface area contributed by atoms with Gasteiger partial charge in [-0.2, -0.15) is 10.4 Å². The highest BCUT2D eigenvalue weighted by Crippen LogP contribution is 2.32. The second-order valence-electron chi connectivity index (χ2n) is 7.48. The largest absolute Gasteiger partial charge is 0.267 e. The minimum Gasteiger partial charge on any atom is -0.267 e. The number of hydrogen-bond donors (Lipinski definition) is 0. The molecule has 3 aromatic heterocycles. The zero-order chi connectivity index (χ0) is 21.2. The highest BCUT2D eigenvalue weighted by Gasteiger charge is 2.15. The molecule has 0 saturated carbocycles. The van der Waals surface area contributed by atoms with Gasteiger partial charge in [-0.25, -0.2) is 0 Å². The Hall–Kier alpha value is -4.30. The van der Waals surface area contributed by atoms with Crippen LogP contribution in [-0.4, -0.2) is 19.7 Å². The van der Waals surface area contributed by atoms with Gasteiger partial charge < -0.3 is 0 Å². The van der Waals surface area contributed by atoms with Gasteiger partial charge in [0.25, 0.3) is 0 Å². The monoisotopic (exact) mass is 401 g/mol. The topological polar surface area (TPSA) is 67.4 Å². The van der Waals surface area contributed by atoms with E-state index in [1.165, 1.54) is 0 Å². The van der Waals surface area contributed by atoms with Crippen molar-refractivity contribution in [2.24, 2.45) is 0 Å². The third-order valence-corrected chi connectivity index (χ3v) is 5.20. The van der Waals surface area contributed by atoms with Crippen molar-refractivity contribution in [2.75, 3.05) is 0 Å². The molecule has 0 radical (unpaired) electrons. The predicted octanol–water partition coefficient (Wildman–Crippen LogP) is 5.39. The molecule has 5 aromatic rings. The number of pyridine rings is 2. The normalized spacial score (nSPS) is 10.8. The Bertz CT molecular complexity index is 1440. The van der Waals surface area contributed by atoms with Crippen LogP contribution in [-0.2, 0) is 6.54 Å². The van der Waals surface area contributed by atoms with E-state index in [-0.39, 0.29) is 0 Å². The molecule has 31 heavy (non-hydrogen) atoms. The van der Waals surface area contributed by atoms with Gasteiger partial charge in [0, 0.05) is 34.6 Å². The second kappa shape index (κ2) is 7.85. The fraction of sp³-hybridized carbons (Fsp3) is 0.0769. The molecule has 2 aromatic carbocycles. The van der Waals surface area contributed by atoms with Crippen LogP contribution in [0.1, 0.15) is 16.8 Å². The summed E-state index contributed by atoms with van der Waals surface area (Å²) >= 11 is 0. The Morgan fingerprint density at radius 1 is 0.968 bits per heavy atom. The van der Waals surface area contributed by atoms with E-state index in [1.54, 1.807) is 6.20 Å². The summed E-state index contributed by atoms with van der Waals surface area (Å²) in [5.74, 6) is 0. The Labute approximate surface area is 180 Å². The molecule has 0 bridgehead atoms. The van der Waals surface area contributed by atoms with Crippen molar-refractivity contribution in [1.29, 1.82) is 5.26 Å². The lowest BCUT2D eigenvalue weighted by atomic mass is 10.0. The van der Waals surface area contributed by atoms with Crippen molar-refractivity contribution in [2.45, 2.75) is 13.5 Å². The SMILES string of the molecule is Cc1cccc(-c2cn(Cc3cccc(C#N)c3)nc2-c2ccc3ncccc3c2)n1. The van der Waals surface area contributed by atoms with E-state index < -0.39 is 0 Å². The molecule has 0 aliphatic carbocycles. The van der Waals surface area contributed by atoms with Crippen molar-refractivity contribution in [1.82, 2.24) is 19.7 Å². The summed E-state index contributed by atoms with van der Waals surface area (Å²) in [5, 5.41) is 15.2. The molecule has 0 atom stereocenters. The smallest absolute Gasteiger partial charge is 0.102 e. The van der Waals surface area contributed by atoms with Gasteiger partial charge in [-0.3, -0.25) is 14.6 Å². The third-order valence-electron chi connectivity index (χ3n) is 5.20. The molecular weight excluding hydrogens is 382 g/mol. The van der Waals surface area contributed by atoms with Gasteiger partial charge in [-0.05, 0) is 55.0 Å². The van der Waals surface area contributed by atoms with Gasteiger partial charge in [0.2, 0.25) is 0 Å². The molecule has 5 heteroatoms. The molecule has 0 spiro atoms. The van der Waals surface area contributed by atoms with Crippen LogP contribution in [0, 0.1) is 18.3 Å². The molecule has 3 heterocycles. The van der Waals surface area contributed by atoms with Crippen LogP contribution < -0.4 is 0 Å². The molecule has 148 valence electrons. The van der Waals surface area contributed by atoms with E-state index in [2.05, 4.69) is 29.3 Å². The van der Waals surface area contributed by atoms with E-state index in [1.807, 2.05) is 72.4 Å². The number of nitriles is 1. The summed E-state index contributed by atoms with van der Waals surface area (Å²) in [6.07, 6.45) is 3.83. The van der Waals surface area contributed by atoms with Gasteiger partial charge in [0.15, 0.2) is 0 Å². The van der Waals surface area contributed by atoms with Gasteiger partial charge in [-0.15, -0.1) is 0 Å². The molecule has 0 fully saturated rings. The maximum Gasteiger partial charge on any atom is 0.102 e. The van der Waals surface area contributed by atoms with E-state index in [9.17, 15) is 5.26 Å². The van der Waals surface area contributed by atoms with Crippen molar-refractivity contribution >= 4 is 10.9 Å². The second-order valence-corrected chi connectivity index (χ2v) is 7.48. The first-order chi connectivity index (χ1) is 15.2. The highest BCUT2D eigenvalue weighted by molar-refractivity contribution is 5.87. The highest BCUT2D eigenvalue weighted by atomic mass is 15.3. The van der Waals surface area contributed by atoms with Crippen molar-refractivity contribution in [3.05, 3.63) is 102 Å². The number of aromatic nitrogens is 4. The number of fused-ring (bicyclic) bond motifs is 1. The number of rotatable bonds is 4. The third kappa shape index (κ3) is 3.79. The van der Waals surface area contributed by atoms with Crippen LogP contribution in [0.5, 0.6) is 0 Å². The number of hydrogen-bond acceptors (Lipinski definition) is 4. The Morgan fingerprint density at radius 3 is 2.74 bits per heavy atom. The zero-order valence-electron chi connectivity index (χ0n) is 17.0. The van der Waals surface area contributed by atoms with Gasteiger partial charge in [0.1, 0.15) is 5.69 Å². The molecule has 0 amide bonds. The fourth-order valence-corrected chi connectivity index (χ4v) is 3.75. The van der Waals surface area contributed by atoms with E-state index >= 15 is 0 Å². The first kappa shape index (κ1) is 18.7. The summed E-state index contributed by atoms with van der Waals surface area (Å²) in [7, 11) is 0. The zero-order valence-corrected chi connectivity index (χ0v) is 17.0. The lowest BCUT2D eigenvalue weighted by molar-refractivity contribution is 0.689. The predicted molar refractivity (Wildman–Crippen MR) is 121 cm³/mol. The van der Waals surface area contributed by atoms with Crippen molar-refractivity contribution in [3.63, 3.8) is 0 Å². The number of aryl methyl sites for hydroxylation is 1. The summed E-state index contributed by atoms with van der Waals surface area (Å²) in [6.45, 7) is 2.56. The summed E-state index contributed by atoms with van der Waals surface area (Å²) in [4.78, 5) is 9.15. The Kier molecular flexibility index (Phi) is 4.74. The van der Waals surface area contributed by atoms with Crippen LogP contribution in [0.15, 0.2) is 85.2 Å². The van der Waals surface area contributed by atoms with Crippen LogP contribution in [0.25, 0.3) is 33.4 Å². The lowest BCUT2D eigenvalue weighted by Crippen LogP contribution is -2.00. The quantitative estimate of drug-likeness (QED) is 0.405. The maximum atomic E-state index is 9.20. The first-order valence-electron chi connectivity index (χ1n) is 10.1. The number of benzene rings is 2. The van der Waals surface area contributed by atoms with Crippen molar-refractivity contribution in [3.8, 4) is 28.6 Å². The van der Waals surface area contributed by atoms with Crippen LogP contribution in [0.3, 0.4) is 0 Å². The van der Waals surface area contributed by atoms with Crippen molar-refractivity contribution < 1.29 is 0 Å². The maximum absolute atomic E-state index is 9.20. The van der Waals surface area contributed by atoms with Crippen LogP contribution in [0.2, 0.25) is 0 Å². The minimum atomic E-state index is 0.573. The molecule has 0 aliphatic rings. The molecular formula is C26H19N5. The van der Waals surface area contributed by atoms with Gasteiger partial charge in [0.05, 0.1) is 29.4 Å².